The zero-order valence-corrected chi connectivity index (χ0v) is 10.2. The zero-order valence-electron chi connectivity index (χ0n) is 10.2. The van der Waals surface area contributed by atoms with Crippen LogP contribution in [0.1, 0.15) is 33.3 Å². The summed E-state index contributed by atoms with van der Waals surface area (Å²) in [6.45, 7) is 9.27. The van der Waals surface area contributed by atoms with Gasteiger partial charge >= 0.3 is 0 Å². The van der Waals surface area contributed by atoms with E-state index in [1.165, 1.54) is 11.3 Å². The molecule has 0 atom stereocenters. The van der Waals surface area contributed by atoms with Crippen molar-refractivity contribution in [2.45, 2.75) is 39.2 Å². The van der Waals surface area contributed by atoms with Crippen LogP contribution in [0.25, 0.3) is 0 Å². The van der Waals surface area contributed by atoms with E-state index in [0.29, 0.717) is 12.6 Å². The second-order valence-corrected chi connectivity index (χ2v) is 4.96. The van der Waals surface area contributed by atoms with Crippen molar-refractivity contribution in [3.05, 3.63) is 29.8 Å². The minimum atomic E-state index is 0.0658. The van der Waals surface area contributed by atoms with Crippen molar-refractivity contribution in [2.24, 2.45) is 5.73 Å². The summed E-state index contributed by atoms with van der Waals surface area (Å²) >= 11 is 0. The van der Waals surface area contributed by atoms with Crippen LogP contribution in [0.15, 0.2) is 24.3 Å². The van der Waals surface area contributed by atoms with Crippen molar-refractivity contribution in [3.8, 4) is 0 Å². The van der Waals surface area contributed by atoms with E-state index in [9.17, 15) is 0 Å². The topological polar surface area (TPSA) is 38.0 Å². The lowest BCUT2D eigenvalue weighted by Gasteiger charge is -2.23. The van der Waals surface area contributed by atoms with Gasteiger partial charge in [0, 0.05) is 23.7 Å². The van der Waals surface area contributed by atoms with Crippen LogP contribution in [0.5, 0.6) is 0 Å². The molecule has 0 fully saturated rings. The monoisotopic (exact) mass is 206 g/mol. The van der Waals surface area contributed by atoms with Crippen LogP contribution in [0.4, 0.5) is 5.69 Å². The lowest BCUT2D eigenvalue weighted by molar-refractivity contribution is 0.539. The summed E-state index contributed by atoms with van der Waals surface area (Å²) < 4.78 is 0. The molecule has 0 aliphatic heterocycles. The Hall–Kier alpha value is -1.02. The summed E-state index contributed by atoms with van der Waals surface area (Å²) in [4.78, 5) is 0. The van der Waals surface area contributed by atoms with Gasteiger partial charge in [-0.25, -0.2) is 0 Å². The lowest BCUT2D eigenvalue weighted by Crippen LogP contribution is -2.27. The largest absolute Gasteiger partial charge is 0.383 e. The average Bonchev–Trinajstić information content (AvgIpc) is 2.18. The van der Waals surface area contributed by atoms with Gasteiger partial charge in [-0.3, -0.25) is 0 Å². The van der Waals surface area contributed by atoms with Crippen LogP contribution in [0.3, 0.4) is 0 Å². The molecule has 1 rings (SSSR count). The van der Waals surface area contributed by atoms with Crippen molar-refractivity contribution in [1.82, 2.24) is 0 Å². The average molecular weight is 206 g/mol. The maximum absolute atomic E-state index is 5.74. The maximum Gasteiger partial charge on any atom is 0.0342 e. The Balaban J connectivity index is 2.81. The van der Waals surface area contributed by atoms with Crippen molar-refractivity contribution < 1.29 is 0 Å². The van der Waals surface area contributed by atoms with E-state index in [1.54, 1.807) is 0 Å². The molecule has 0 unspecified atom stereocenters. The molecular weight excluding hydrogens is 184 g/mol. The first kappa shape index (κ1) is 12.1. The fourth-order valence-electron chi connectivity index (χ4n) is 1.47. The summed E-state index contributed by atoms with van der Waals surface area (Å²) in [5.74, 6) is 0. The van der Waals surface area contributed by atoms with Gasteiger partial charge in [0.05, 0.1) is 0 Å². The van der Waals surface area contributed by atoms with E-state index < -0.39 is 0 Å². The smallest absolute Gasteiger partial charge is 0.0342 e. The van der Waals surface area contributed by atoms with Crippen molar-refractivity contribution >= 4 is 5.69 Å². The SMILES string of the molecule is CC(C)Nc1ccc(C(C)(C)CN)cc1. The van der Waals surface area contributed by atoms with E-state index >= 15 is 0 Å². The molecule has 0 saturated heterocycles. The molecule has 0 aliphatic carbocycles. The number of anilines is 1. The van der Waals surface area contributed by atoms with Crippen molar-refractivity contribution in [1.29, 1.82) is 0 Å². The van der Waals surface area contributed by atoms with Gasteiger partial charge in [-0.2, -0.15) is 0 Å². The van der Waals surface area contributed by atoms with Gasteiger partial charge in [0.1, 0.15) is 0 Å². The molecule has 0 aromatic heterocycles. The van der Waals surface area contributed by atoms with Gasteiger partial charge in [0.15, 0.2) is 0 Å². The first-order valence-electron chi connectivity index (χ1n) is 5.53. The molecule has 0 bridgehead atoms. The van der Waals surface area contributed by atoms with Crippen LogP contribution in [0.2, 0.25) is 0 Å². The van der Waals surface area contributed by atoms with E-state index in [4.69, 9.17) is 5.73 Å². The van der Waals surface area contributed by atoms with E-state index in [1.807, 2.05) is 0 Å². The van der Waals surface area contributed by atoms with Crippen LogP contribution in [-0.4, -0.2) is 12.6 Å². The maximum atomic E-state index is 5.74. The molecule has 1 aromatic carbocycles. The fourth-order valence-corrected chi connectivity index (χ4v) is 1.47. The number of hydrogen-bond acceptors (Lipinski definition) is 2. The molecule has 2 heteroatoms. The first-order chi connectivity index (χ1) is 6.95. The summed E-state index contributed by atoms with van der Waals surface area (Å²) in [7, 11) is 0. The number of benzene rings is 1. The zero-order chi connectivity index (χ0) is 11.5. The Morgan fingerprint density at radius 1 is 1.20 bits per heavy atom. The Bertz CT molecular complexity index is 299. The third-order valence-corrected chi connectivity index (χ3v) is 2.63. The molecule has 0 radical (unpaired) electrons. The second kappa shape index (κ2) is 4.67. The number of nitrogens with two attached hydrogens (primary N) is 1. The van der Waals surface area contributed by atoms with Crippen LogP contribution >= 0.6 is 0 Å². The van der Waals surface area contributed by atoms with Gasteiger partial charge in [-0.05, 0) is 31.5 Å². The Morgan fingerprint density at radius 3 is 2.13 bits per heavy atom. The molecule has 3 N–H and O–H groups in total. The van der Waals surface area contributed by atoms with Crippen molar-refractivity contribution in [2.75, 3.05) is 11.9 Å². The van der Waals surface area contributed by atoms with Crippen LogP contribution in [-0.2, 0) is 5.41 Å². The highest BCUT2D eigenvalue weighted by molar-refractivity contribution is 5.46. The minimum Gasteiger partial charge on any atom is -0.383 e. The van der Waals surface area contributed by atoms with Crippen LogP contribution < -0.4 is 11.1 Å². The molecule has 0 amide bonds. The highest BCUT2D eigenvalue weighted by atomic mass is 14.9. The molecule has 0 aliphatic rings. The first-order valence-corrected chi connectivity index (χ1v) is 5.53. The molecule has 2 nitrogen and oxygen atoms in total. The summed E-state index contributed by atoms with van der Waals surface area (Å²) in [5.41, 5.74) is 8.27. The van der Waals surface area contributed by atoms with Gasteiger partial charge in [0.25, 0.3) is 0 Å². The minimum absolute atomic E-state index is 0.0658. The number of rotatable bonds is 4. The lowest BCUT2D eigenvalue weighted by atomic mass is 9.85. The third-order valence-electron chi connectivity index (χ3n) is 2.63. The normalized spacial score (nSPS) is 11.9. The molecule has 0 saturated carbocycles. The third kappa shape index (κ3) is 3.24. The highest BCUT2D eigenvalue weighted by Crippen LogP contribution is 2.23. The number of nitrogens with one attached hydrogen (secondary N) is 1. The number of hydrogen-bond donors (Lipinski definition) is 2. The molecule has 1 aromatic rings. The highest BCUT2D eigenvalue weighted by Gasteiger charge is 2.17. The fraction of sp³-hybridized carbons (Fsp3) is 0.538. The summed E-state index contributed by atoms with van der Waals surface area (Å²) in [5, 5.41) is 3.37. The van der Waals surface area contributed by atoms with Gasteiger partial charge in [-0.1, -0.05) is 26.0 Å². The molecular formula is C13H22N2. The van der Waals surface area contributed by atoms with Gasteiger partial charge in [0.2, 0.25) is 0 Å². The quantitative estimate of drug-likeness (QED) is 0.795. The van der Waals surface area contributed by atoms with E-state index in [0.717, 1.165) is 0 Å². The van der Waals surface area contributed by atoms with E-state index in [-0.39, 0.29) is 5.41 Å². The van der Waals surface area contributed by atoms with Crippen LogP contribution in [0, 0.1) is 0 Å². The Morgan fingerprint density at radius 2 is 1.73 bits per heavy atom. The Labute approximate surface area is 92.9 Å². The summed E-state index contributed by atoms with van der Waals surface area (Å²) in [6, 6.07) is 9.01. The molecule has 0 spiro atoms. The predicted octanol–water partition coefficient (Wildman–Crippen LogP) is 2.74. The van der Waals surface area contributed by atoms with E-state index in [2.05, 4.69) is 57.3 Å². The predicted molar refractivity (Wildman–Crippen MR) is 67.3 cm³/mol. The molecule has 15 heavy (non-hydrogen) atoms. The summed E-state index contributed by atoms with van der Waals surface area (Å²) in [6.07, 6.45) is 0. The Kier molecular flexibility index (Phi) is 3.75. The van der Waals surface area contributed by atoms with Gasteiger partial charge in [-0.15, -0.1) is 0 Å². The van der Waals surface area contributed by atoms with Gasteiger partial charge < -0.3 is 11.1 Å². The van der Waals surface area contributed by atoms with Crippen molar-refractivity contribution in [3.63, 3.8) is 0 Å². The molecule has 0 heterocycles. The second-order valence-electron chi connectivity index (χ2n) is 4.96. The molecule has 84 valence electrons. The standard InChI is InChI=1S/C13H22N2/c1-10(2)15-12-7-5-11(6-8-12)13(3,4)9-14/h5-8,10,15H,9,14H2,1-4H3.